The van der Waals surface area contributed by atoms with Crippen molar-refractivity contribution in [3.8, 4) is 0 Å². The summed E-state index contributed by atoms with van der Waals surface area (Å²) in [5, 5.41) is 7.15. The quantitative estimate of drug-likeness (QED) is 0.0942. The Morgan fingerprint density at radius 2 is 0.917 bits per heavy atom. The SMILES string of the molecule is CCCCCCC(=O)c1cc2c(ccc3c2ccc2c4cc(C(=O)CCCCCC)sc4ccc23)s1. The number of fused-ring (bicyclic) bond motifs is 7. The van der Waals surface area contributed by atoms with Gasteiger partial charge >= 0.3 is 0 Å². The summed E-state index contributed by atoms with van der Waals surface area (Å²) in [6, 6.07) is 17.3. The number of hydrogen-bond acceptors (Lipinski definition) is 4. The Morgan fingerprint density at radius 1 is 0.528 bits per heavy atom. The molecule has 0 N–H and O–H groups in total. The molecule has 186 valence electrons. The molecule has 0 aliphatic heterocycles. The smallest absolute Gasteiger partial charge is 0.172 e. The zero-order valence-electron chi connectivity index (χ0n) is 21.3. The van der Waals surface area contributed by atoms with E-state index in [2.05, 4.69) is 62.4 Å². The van der Waals surface area contributed by atoms with E-state index in [9.17, 15) is 9.59 Å². The third-order valence-corrected chi connectivity index (χ3v) is 9.54. The molecule has 0 saturated heterocycles. The Labute approximate surface area is 221 Å². The molecule has 5 rings (SSSR count). The third-order valence-electron chi connectivity index (χ3n) is 7.26. The Morgan fingerprint density at radius 3 is 1.33 bits per heavy atom. The summed E-state index contributed by atoms with van der Waals surface area (Å²) >= 11 is 3.24. The molecule has 0 amide bonds. The van der Waals surface area contributed by atoms with Crippen LogP contribution in [0.5, 0.6) is 0 Å². The van der Waals surface area contributed by atoms with Crippen LogP contribution in [0, 0.1) is 0 Å². The number of unbranched alkanes of at least 4 members (excludes halogenated alkanes) is 6. The van der Waals surface area contributed by atoms with Gasteiger partial charge in [-0.15, -0.1) is 22.7 Å². The second-order valence-electron chi connectivity index (χ2n) is 9.90. The molecule has 4 heteroatoms. The van der Waals surface area contributed by atoms with Crippen molar-refractivity contribution in [3.63, 3.8) is 0 Å². The number of Topliss-reactive ketones (excluding diaryl/α,β-unsaturated/α-hetero) is 2. The van der Waals surface area contributed by atoms with E-state index in [0.29, 0.717) is 12.8 Å². The highest BCUT2D eigenvalue weighted by molar-refractivity contribution is 7.21. The molecule has 3 aromatic carbocycles. The first-order valence-corrected chi connectivity index (χ1v) is 15.1. The molecule has 0 bridgehead atoms. The van der Waals surface area contributed by atoms with Gasteiger partial charge in [-0.05, 0) is 58.7 Å². The van der Waals surface area contributed by atoms with E-state index in [1.165, 1.54) is 67.4 Å². The van der Waals surface area contributed by atoms with Gasteiger partial charge in [0, 0.05) is 33.0 Å². The minimum absolute atomic E-state index is 0.271. The first kappa shape index (κ1) is 25.1. The molecule has 0 unspecified atom stereocenters. The lowest BCUT2D eigenvalue weighted by atomic mass is 9.97. The standard InChI is InChI=1S/C32H34O2S2/c1-3-5-7-9-11-27(33)31-19-25-23-13-14-24-22(21(23)15-17-29(25)35-31)16-18-30-26(24)20-32(36-30)28(34)12-10-8-6-4-2/h13-20H,3-12H2,1-2H3. The summed E-state index contributed by atoms with van der Waals surface area (Å²) in [6.07, 6.45) is 10.3. The highest BCUT2D eigenvalue weighted by Gasteiger charge is 2.16. The molecule has 0 aliphatic rings. The van der Waals surface area contributed by atoms with Crippen LogP contribution in [0.2, 0.25) is 0 Å². The van der Waals surface area contributed by atoms with Crippen LogP contribution in [0.3, 0.4) is 0 Å². The van der Waals surface area contributed by atoms with Gasteiger partial charge in [-0.1, -0.05) is 76.6 Å². The molecule has 2 nitrogen and oxygen atoms in total. The fraction of sp³-hybridized carbons (Fsp3) is 0.375. The van der Waals surface area contributed by atoms with Gasteiger partial charge in [-0.25, -0.2) is 0 Å². The Balaban J connectivity index is 1.48. The van der Waals surface area contributed by atoms with Crippen molar-refractivity contribution in [1.82, 2.24) is 0 Å². The van der Waals surface area contributed by atoms with Crippen LogP contribution in [0.15, 0.2) is 48.5 Å². The fourth-order valence-corrected chi connectivity index (χ4v) is 7.30. The van der Waals surface area contributed by atoms with Crippen molar-refractivity contribution in [2.75, 3.05) is 0 Å². The van der Waals surface area contributed by atoms with Crippen LogP contribution in [0.1, 0.15) is 97.4 Å². The van der Waals surface area contributed by atoms with Crippen LogP contribution in [0.4, 0.5) is 0 Å². The van der Waals surface area contributed by atoms with Crippen LogP contribution < -0.4 is 0 Å². The zero-order valence-corrected chi connectivity index (χ0v) is 23.0. The van der Waals surface area contributed by atoms with Gasteiger partial charge in [0.15, 0.2) is 11.6 Å². The molecule has 0 fully saturated rings. The van der Waals surface area contributed by atoms with Crippen molar-refractivity contribution in [2.24, 2.45) is 0 Å². The first-order chi connectivity index (χ1) is 17.6. The van der Waals surface area contributed by atoms with E-state index < -0.39 is 0 Å². The monoisotopic (exact) mass is 514 g/mol. The number of ketones is 2. The van der Waals surface area contributed by atoms with E-state index in [4.69, 9.17) is 0 Å². The maximum absolute atomic E-state index is 12.8. The zero-order chi connectivity index (χ0) is 25.1. The average Bonchev–Trinajstić information content (AvgIpc) is 3.53. The average molecular weight is 515 g/mol. The summed E-state index contributed by atoms with van der Waals surface area (Å²) < 4.78 is 2.35. The number of benzene rings is 3. The Bertz CT molecular complexity index is 1440. The molecule has 0 atom stereocenters. The molecule has 2 aromatic heterocycles. The maximum Gasteiger partial charge on any atom is 0.172 e. The van der Waals surface area contributed by atoms with Gasteiger partial charge < -0.3 is 0 Å². The Hall–Kier alpha value is -2.56. The molecule has 2 heterocycles. The van der Waals surface area contributed by atoms with Gasteiger partial charge in [-0.2, -0.15) is 0 Å². The van der Waals surface area contributed by atoms with Crippen molar-refractivity contribution < 1.29 is 9.59 Å². The van der Waals surface area contributed by atoms with Gasteiger partial charge in [0.05, 0.1) is 9.75 Å². The van der Waals surface area contributed by atoms with Crippen LogP contribution in [-0.2, 0) is 0 Å². The van der Waals surface area contributed by atoms with Crippen LogP contribution in [0.25, 0.3) is 41.7 Å². The number of thiophene rings is 2. The predicted molar refractivity (Wildman–Crippen MR) is 158 cm³/mol. The number of rotatable bonds is 12. The normalized spacial score (nSPS) is 11.8. The molecule has 5 aromatic rings. The van der Waals surface area contributed by atoms with Gasteiger partial charge in [0.2, 0.25) is 0 Å². The lowest BCUT2D eigenvalue weighted by Crippen LogP contribution is -1.95. The molecular formula is C32H34O2S2. The van der Waals surface area contributed by atoms with Crippen molar-refractivity contribution in [3.05, 3.63) is 58.3 Å². The highest BCUT2D eigenvalue weighted by Crippen LogP contribution is 2.39. The van der Waals surface area contributed by atoms with Gasteiger partial charge in [0.25, 0.3) is 0 Å². The predicted octanol–water partition coefficient (Wildman–Crippen LogP) is 10.7. The van der Waals surface area contributed by atoms with Crippen molar-refractivity contribution >= 4 is 76.0 Å². The summed E-state index contributed by atoms with van der Waals surface area (Å²) in [5.41, 5.74) is 0. The highest BCUT2D eigenvalue weighted by atomic mass is 32.1. The summed E-state index contributed by atoms with van der Waals surface area (Å²) in [4.78, 5) is 27.4. The first-order valence-electron chi connectivity index (χ1n) is 13.5. The van der Waals surface area contributed by atoms with Crippen LogP contribution >= 0.6 is 22.7 Å². The number of carbonyl (C=O) groups is 2. The molecular weight excluding hydrogens is 480 g/mol. The summed E-state index contributed by atoms with van der Waals surface area (Å²) in [6.45, 7) is 4.39. The fourth-order valence-electron chi connectivity index (χ4n) is 5.21. The topological polar surface area (TPSA) is 34.1 Å². The molecule has 0 aliphatic carbocycles. The van der Waals surface area contributed by atoms with Gasteiger partial charge in [-0.3, -0.25) is 9.59 Å². The number of hydrogen-bond donors (Lipinski definition) is 0. The minimum atomic E-state index is 0.271. The molecule has 0 saturated carbocycles. The summed E-state index contributed by atoms with van der Waals surface area (Å²) in [5.74, 6) is 0.543. The second kappa shape index (κ2) is 11.2. The van der Waals surface area contributed by atoms with Gasteiger partial charge in [0.1, 0.15) is 0 Å². The van der Waals surface area contributed by atoms with Crippen molar-refractivity contribution in [1.29, 1.82) is 0 Å². The minimum Gasteiger partial charge on any atom is -0.293 e. The van der Waals surface area contributed by atoms with E-state index in [0.717, 1.165) is 35.4 Å². The summed E-state index contributed by atoms with van der Waals surface area (Å²) in [7, 11) is 0. The van der Waals surface area contributed by atoms with E-state index in [1.54, 1.807) is 22.7 Å². The lowest BCUT2D eigenvalue weighted by Gasteiger charge is -2.06. The van der Waals surface area contributed by atoms with E-state index in [-0.39, 0.29) is 11.6 Å². The lowest BCUT2D eigenvalue weighted by molar-refractivity contribution is 0.0975. The largest absolute Gasteiger partial charge is 0.293 e. The molecule has 0 spiro atoms. The van der Waals surface area contributed by atoms with Crippen LogP contribution in [-0.4, -0.2) is 11.6 Å². The molecule has 0 radical (unpaired) electrons. The van der Waals surface area contributed by atoms with Crippen molar-refractivity contribution in [2.45, 2.75) is 78.1 Å². The molecule has 36 heavy (non-hydrogen) atoms. The second-order valence-corrected chi connectivity index (χ2v) is 12.1. The Kier molecular flexibility index (Phi) is 7.83. The third kappa shape index (κ3) is 4.99. The maximum atomic E-state index is 12.8. The van der Waals surface area contributed by atoms with E-state index >= 15 is 0 Å². The van der Waals surface area contributed by atoms with E-state index in [1.807, 2.05) is 0 Å². The number of carbonyl (C=O) groups excluding carboxylic acids is 2.